The molecule has 1 saturated carbocycles. The summed E-state index contributed by atoms with van der Waals surface area (Å²) in [5.41, 5.74) is 0.191. The van der Waals surface area contributed by atoms with Crippen LogP contribution in [0.4, 0.5) is 0 Å². The maximum Gasteiger partial charge on any atom is 0.190 e. The van der Waals surface area contributed by atoms with Crippen molar-refractivity contribution in [2.45, 2.75) is 31.4 Å². The average molecular weight is 412 g/mol. The van der Waals surface area contributed by atoms with Crippen molar-refractivity contribution in [3.63, 3.8) is 0 Å². The van der Waals surface area contributed by atoms with Gasteiger partial charge in [0.1, 0.15) is 0 Å². The number of nitrogens with one attached hydrogen (secondary N) is 2. The molecule has 0 radical (unpaired) electrons. The zero-order chi connectivity index (χ0) is 14.4. The van der Waals surface area contributed by atoms with E-state index in [0.717, 1.165) is 58.3 Å². The lowest BCUT2D eigenvalue weighted by Crippen LogP contribution is -2.67. The van der Waals surface area contributed by atoms with Gasteiger partial charge in [-0.15, -0.1) is 24.0 Å². The van der Waals surface area contributed by atoms with E-state index in [1.807, 2.05) is 7.05 Å². The van der Waals surface area contributed by atoms with E-state index in [-0.39, 0.29) is 29.5 Å². The summed E-state index contributed by atoms with van der Waals surface area (Å²) < 4.78 is 11.2. The first-order valence-electron chi connectivity index (χ1n) is 7.57. The number of rotatable bonds is 5. The Hall–Kier alpha value is -0.120. The molecule has 0 aromatic rings. The third-order valence-electron chi connectivity index (χ3n) is 4.34. The van der Waals surface area contributed by atoms with Crippen LogP contribution in [0.25, 0.3) is 0 Å². The van der Waals surface area contributed by atoms with E-state index in [0.29, 0.717) is 6.10 Å². The van der Waals surface area contributed by atoms with Crippen molar-refractivity contribution in [3.05, 3.63) is 0 Å². The second-order valence-corrected chi connectivity index (χ2v) is 5.49. The fourth-order valence-electron chi connectivity index (χ4n) is 3.22. The maximum atomic E-state index is 5.75. The van der Waals surface area contributed by atoms with Gasteiger partial charge in [0.25, 0.3) is 0 Å². The van der Waals surface area contributed by atoms with Crippen LogP contribution in [0.2, 0.25) is 0 Å². The number of ether oxygens (including phenoxy) is 2. The standard InChI is InChI=1S/C14H28N4O2.HI/c1-4-20-12-9-14(10-12,11-17-13(15-2)16-3)18-5-7-19-8-6-18;/h12H,4-11H2,1-3H3,(H2,15,16,17);1H. The molecule has 0 spiro atoms. The minimum Gasteiger partial charge on any atom is -0.379 e. The normalized spacial score (nSPS) is 30.2. The Labute approximate surface area is 145 Å². The van der Waals surface area contributed by atoms with E-state index < -0.39 is 0 Å². The smallest absolute Gasteiger partial charge is 0.190 e. The number of hydrogen-bond donors (Lipinski definition) is 2. The van der Waals surface area contributed by atoms with Crippen LogP contribution < -0.4 is 10.6 Å². The van der Waals surface area contributed by atoms with Crippen LogP contribution in [-0.2, 0) is 9.47 Å². The van der Waals surface area contributed by atoms with Gasteiger partial charge in [-0.2, -0.15) is 0 Å². The summed E-state index contributed by atoms with van der Waals surface area (Å²) in [5, 5.41) is 6.50. The van der Waals surface area contributed by atoms with Gasteiger partial charge in [0, 0.05) is 45.9 Å². The molecule has 0 aromatic carbocycles. The second-order valence-electron chi connectivity index (χ2n) is 5.49. The molecular formula is C14H29IN4O2. The molecule has 1 aliphatic heterocycles. The predicted molar refractivity (Wildman–Crippen MR) is 95.6 cm³/mol. The second kappa shape index (κ2) is 9.12. The Morgan fingerprint density at radius 2 is 2.05 bits per heavy atom. The van der Waals surface area contributed by atoms with Crippen molar-refractivity contribution in [3.8, 4) is 0 Å². The highest BCUT2D eigenvalue weighted by Crippen LogP contribution is 2.39. The van der Waals surface area contributed by atoms with E-state index in [4.69, 9.17) is 9.47 Å². The lowest BCUT2D eigenvalue weighted by atomic mass is 9.72. The minimum atomic E-state index is 0. The van der Waals surface area contributed by atoms with Crippen LogP contribution in [0, 0.1) is 0 Å². The lowest BCUT2D eigenvalue weighted by molar-refractivity contribution is -0.124. The number of halogens is 1. The number of morpholine rings is 1. The maximum absolute atomic E-state index is 5.75. The minimum absolute atomic E-state index is 0. The van der Waals surface area contributed by atoms with E-state index in [1.54, 1.807) is 7.05 Å². The van der Waals surface area contributed by atoms with Gasteiger partial charge in [-0.25, -0.2) is 0 Å². The molecule has 0 atom stereocenters. The highest BCUT2D eigenvalue weighted by atomic mass is 127. The number of hydrogen-bond acceptors (Lipinski definition) is 4. The van der Waals surface area contributed by atoms with Crippen LogP contribution in [-0.4, -0.2) is 76.1 Å². The van der Waals surface area contributed by atoms with E-state index in [9.17, 15) is 0 Å². The molecule has 6 nitrogen and oxygen atoms in total. The molecule has 21 heavy (non-hydrogen) atoms. The monoisotopic (exact) mass is 412 g/mol. The number of guanidine groups is 1. The summed E-state index contributed by atoms with van der Waals surface area (Å²) in [6, 6.07) is 0. The van der Waals surface area contributed by atoms with Crippen molar-refractivity contribution in [1.82, 2.24) is 15.5 Å². The largest absolute Gasteiger partial charge is 0.379 e. The van der Waals surface area contributed by atoms with Gasteiger partial charge >= 0.3 is 0 Å². The molecule has 0 aromatic heterocycles. The molecule has 2 aliphatic rings. The Morgan fingerprint density at radius 3 is 2.57 bits per heavy atom. The molecule has 1 saturated heterocycles. The van der Waals surface area contributed by atoms with Crippen LogP contribution >= 0.6 is 24.0 Å². The van der Waals surface area contributed by atoms with E-state index in [1.165, 1.54) is 0 Å². The first-order valence-corrected chi connectivity index (χ1v) is 7.57. The van der Waals surface area contributed by atoms with Gasteiger partial charge < -0.3 is 20.1 Å². The van der Waals surface area contributed by atoms with Gasteiger partial charge in [0.2, 0.25) is 0 Å². The molecule has 0 unspecified atom stereocenters. The molecule has 1 aliphatic carbocycles. The molecule has 7 heteroatoms. The first kappa shape index (κ1) is 18.9. The molecule has 0 bridgehead atoms. The highest BCUT2D eigenvalue weighted by molar-refractivity contribution is 14.0. The molecular weight excluding hydrogens is 383 g/mol. The Balaban J connectivity index is 0.00000220. The summed E-state index contributed by atoms with van der Waals surface area (Å²) in [6.45, 7) is 7.47. The van der Waals surface area contributed by atoms with Gasteiger partial charge in [0.05, 0.1) is 19.3 Å². The van der Waals surface area contributed by atoms with Gasteiger partial charge in [-0.1, -0.05) is 0 Å². The predicted octanol–water partition coefficient (Wildman–Crippen LogP) is 0.669. The Bertz CT molecular complexity index is 329. The number of aliphatic imine (C=N–C) groups is 1. The number of nitrogens with zero attached hydrogens (tertiary/aromatic N) is 2. The van der Waals surface area contributed by atoms with Crippen LogP contribution in [0.5, 0.6) is 0 Å². The molecule has 0 amide bonds. The summed E-state index contributed by atoms with van der Waals surface area (Å²) in [5.74, 6) is 0.845. The van der Waals surface area contributed by atoms with Crippen molar-refractivity contribution in [2.24, 2.45) is 4.99 Å². The van der Waals surface area contributed by atoms with Crippen molar-refractivity contribution >= 4 is 29.9 Å². The van der Waals surface area contributed by atoms with Gasteiger partial charge in [-0.3, -0.25) is 9.89 Å². The fourth-order valence-corrected chi connectivity index (χ4v) is 3.22. The quantitative estimate of drug-likeness (QED) is 0.395. The third-order valence-corrected chi connectivity index (χ3v) is 4.34. The third kappa shape index (κ3) is 4.67. The van der Waals surface area contributed by atoms with Gasteiger partial charge in [-0.05, 0) is 19.8 Å². The van der Waals surface area contributed by atoms with E-state index in [2.05, 4.69) is 27.4 Å². The molecule has 2 rings (SSSR count). The van der Waals surface area contributed by atoms with E-state index >= 15 is 0 Å². The summed E-state index contributed by atoms with van der Waals surface area (Å²) in [4.78, 5) is 6.75. The molecule has 1 heterocycles. The molecule has 2 fully saturated rings. The highest BCUT2D eigenvalue weighted by Gasteiger charge is 2.49. The fraction of sp³-hybridized carbons (Fsp3) is 0.929. The lowest BCUT2D eigenvalue weighted by Gasteiger charge is -2.55. The van der Waals surface area contributed by atoms with Crippen molar-refractivity contribution < 1.29 is 9.47 Å². The average Bonchev–Trinajstić information content (AvgIpc) is 2.46. The summed E-state index contributed by atoms with van der Waals surface area (Å²) in [7, 11) is 3.69. The molecule has 2 N–H and O–H groups in total. The zero-order valence-electron chi connectivity index (χ0n) is 13.4. The van der Waals surface area contributed by atoms with Crippen LogP contribution in [0.1, 0.15) is 19.8 Å². The molecule has 124 valence electrons. The SMILES string of the molecule is CCOC1CC(CNC(=NC)NC)(N2CCOCC2)C1.I. The Morgan fingerprint density at radius 1 is 1.38 bits per heavy atom. The topological polar surface area (TPSA) is 58.1 Å². The Kier molecular flexibility index (Phi) is 8.22. The van der Waals surface area contributed by atoms with Crippen LogP contribution in [0.15, 0.2) is 4.99 Å². The van der Waals surface area contributed by atoms with Crippen LogP contribution in [0.3, 0.4) is 0 Å². The zero-order valence-corrected chi connectivity index (χ0v) is 15.7. The summed E-state index contributed by atoms with van der Waals surface area (Å²) >= 11 is 0. The van der Waals surface area contributed by atoms with Crippen molar-refractivity contribution in [2.75, 3.05) is 53.6 Å². The summed E-state index contributed by atoms with van der Waals surface area (Å²) in [6.07, 6.45) is 2.59. The first-order chi connectivity index (χ1) is 9.74. The van der Waals surface area contributed by atoms with Gasteiger partial charge in [0.15, 0.2) is 5.96 Å². The van der Waals surface area contributed by atoms with Crippen molar-refractivity contribution in [1.29, 1.82) is 0 Å².